The van der Waals surface area contributed by atoms with E-state index in [1.54, 1.807) is 25.1 Å². The number of rotatable bonds is 9. The molecule has 162 valence electrons. The Morgan fingerprint density at radius 3 is 2.37 bits per heavy atom. The van der Waals surface area contributed by atoms with E-state index in [4.69, 9.17) is 27.9 Å². The minimum atomic E-state index is -0.669. The molecule has 2 aromatic carbocycles. The molecule has 30 heavy (non-hydrogen) atoms. The molecule has 5 nitrogen and oxygen atoms in total. The summed E-state index contributed by atoms with van der Waals surface area (Å²) >= 11 is 12.5. The maximum Gasteiger partial charge on any atom is 0.261 e. The molecule has 0 saturated carbocycles. The van der Waals surface area contributed by atoms with E-state index in [0.29, 0.717) is 22.3 Å². The molecule has 0 aliphatic carbocycles. The van der Waals surface area contributed by atoms with Crippen molar-refractivity contribution in [3.8, 4) is 5.75 Å². The Balaban J connectivity index is 2.18. The van der Waals surface area contributed by atoms with Crippen molar-refractivity contribution in [1.82, 2.24) is 10.2 Å². The Morgan fingerprint density at radius 2 is 1.77 bits per heavy atom. The Hall–Kier alpha value is -2.24. The molecule has 2 amide bonds. The molecule has 2 rings (SSSR count). The maximum atomic E-state index is 13.0. The van der Waals surface area contributed by atoms with E-state index in [1.165, 1.54) is 4.90 Å². The van der Waals surface area contributed by atoms with Crippen LogP contribution < -0.4 is 10.1 Å². The fourth-order valence-electron chi connectivity index (χ4n) is 3.01. The Kier molecular flexibility index (Phi) is 9.00. The second-order valence-corrected chi connectivity index (χ2v) is 8.02. The quantitative estimate of drug-likeness (QED) is 0.588. The van der Waals surface area contributed by atoms with E-state index in [1.807, 2.05) is 39.0 Å². The first kappa shape index (κ1) is 24.0. The van der Waals surface area contributed by atoms with Gasteiger partial charge >= 0.3 is 0 Å². The highest BCUT2D eigenvalue weighted by Crippen LogP contribution is 2.26. The fraction of sp³-hybridized carbons (Fsp3) is 0.391. The van der Waals surface area contributed by atoms with Crippen LogP contribution in [-0.2, 0) is 16.1 Å². The number of amides is 2. The predicted molar refractivity (Wildman–Crippen MR) is 121 cm³/mol. The van der Waals surface area contributed by atoms with Crippen LogP contribution in [0.5, 0.6) is 5.75 Å². The molecule has 0 radical (unpaired) electrons. The number of halogens is 2. The zero-order valence-electron chi connectivity index (χ0n) is 17.8. The maximum absolute atomic E-state index is 13.0. The smallest absolute Gasteiger partial charge is 0.261 e. The largest absolute Gasteiger partial charge is 0.484 e. The van der Waals surface area contributed by atoms with Gasteiger partial charge in [0.15, 0.2) is 6.61 Å². The average Bonchev–Trinajstić information content (AvgIpc) is 2.72. The molecule has 0 unspecified atom stereocenters. The highest BCUT2D eigenvalue weighted by Gasteiger charge is 2.27. The first-order valence-corrected chi connectivity index (χ1v) is 10.7. The third-order valence-corrected chi connectivity index (χ3v) is 5.75. The summed E-state index contributed by atoms with van der Waals surface area (Å²) in [7, 11) is 0. The molecule has 0 heterocycles. The molecule has 0 spiro atoms. The molecule has 1 atom stereocenters. The molecular weight excluding hydrogens is 423 g/mol. The van der Waals surface area contributed by atoms with E-state index >= 15 is 0 Å². The highest BCUT2D eigenvalue weighted by molar-refractivity contribution is 6.32. The van der Waals surface area contributed by atoms with Gasteiger partial charge in [-0.05, 0) is 62.1 Å². The van der Waals surface area contributed by atoms with Crippen LogP contribution >= 0.6 is 23.2 Å². The van der Waals surface area contributed by atoms with Crippen molar-refractivity contribution in [3.05, 3.63) is 63.1 Å². The third kappa shape index (κ3) is 6.38. The van der Waals surface area contributed by atoms with E-state index in [-0.39, 0.29) is 25.0 Å². The topological polar surface area (TPSA) is 58.6 Å². The van der Waals surface area contributed by atoms with Crippen molar-refractivity contribution in [3.63, 3.8) is 0 Å². The molecule has 2 aromatic rings. The number of nitrogens with zero attached hydrogens (tertiary/aromatic N) is 1. The van der Waals surface area contributed by atoms with Gasteiger partial charge in [0.2, 0.25) is 5.91 Å². The van der Waals surface area contributed by atoms with E-state index in [9.17, 15) is 9.59 Å². The first-order valence-electron chi connectivity index (χ1n) is 9.94. The zero-order valence-corrected chi connectivity index (χ0v) is 19.3. The SMILES string of the molecule is CCCNC(=O)[C@@H](C)N(Cc1ccccc1Cl)C(=O)COc1cc(C)c(Cl)c(C)c1. The zero-order chi connectivity index (χ0) is 22.3. The molecule has 7 heteroatoms. The third-order valence-electron chi connectivity index (χ3n) is 4.79. The average molecular weight is 451 g/mol. The van der Waals surface area contributed by atoms with Gasteiger partial charge in [-0.1, -0.05) is 48.3 Å². The van der Waals surface area contributed by atoms with Crippen molar-refractivity contribution in [2.45, 2.75) is 46.7 Å². The Morgan fingerprint density at radius 1 is 1.13 bits per heavy atom. The second-order valence-electron chi connectivity index (χ2n) is 7.24. The predicted octanol–water partition coefficient (Wildman–Crippen LogP) is 4.93. The van der Waals surface area contributed by atoms with Crippen LogP contribution in [0.2, 0.25) is 10.0 Å². The lowest BCUT2D eigenvalue weighted by Gasteiger charge is -2.29. The Labute approximate surface area is 188 Å². The Bertz CT molecular complexity index is 879. The lowest BCUT2D eigenvalue weighted by atomic mass is 10.1. The summed E-state index contributed by atoms with van der Waals surface area (Å²) in [5.41, 5.74) is 2.51. The van der Waals surface area contributed by atoms with Gasteiger partial charge in [0, 0.05) is 23.1 Å². The van der Waals surface area contributed by atoms with Crippen molar-refractivity contribution < 1.29 is 14.3 Å². The van der Waals surface area contributed by atoms with Gasteiger partial charge in [-0.2, -0.15) is 0 Å². The molecule has 0 saturated heterocycles. The summed E-state index contributed by atoms with van der Waals surface area (Å²) in [6.07, 6.45) is 0.815. The van der Waals surface area contributed by atoms with Crippen molar-refractivity contribution in [2.24, 2.45) is 0 Å². The van der Waals surface area contributed by atoms with Crippen LogP contribution in [0.4, 0.5) is 0 Å². The van der Waals surface area contributed by atoms with Crippen molar-refractivity contribution >= 4 is 35.0 Å². The summed E-state index contributed by atoms with van der Waals surface area (Å²) in [5.74, 6) is 0.0401. The summed E-state index contributed by atoms with van der Waals surface area (Å²) in [5, 5.41) is 4.06. The monoisotopic (exact) mass is 450 g/mol. The van der Waals surface area contributed by atoms with E-state index in [0.717, 1.165) is 23.1 Å². The molecule has 0 bridgehead atoms. The van der Waals surface area contributed by atoms with Crippen LogP contribution in [-0.4, -0.2) is 35.9 Å². The van der Waals surface area contributed by atoms with Crippen LogP contribution in [0, 0.1) is 13.8 Å². The number of aryl methyl sites for hydroxylation is 2. The number of hydrogen-bond acceptors (Lipinski definition) is 3. The lowest BCUT2D eigenvalue weighted by Crippen LogP contribution is -2.49. The van der Waals surface area contributed by atoms with E-state index < -0.39 is 6.04 Å². The molecule has 0 aromatic heterocycles. The number of carbonyl (C=O) groups excluding carboxylic acids is 2. The van der Waals surface area contributed by atoms with Crippen LogP contribution in [0.3, 0.4) is 0 Å². The first-order chi connectivity index (χ1) is 14.2. The van der Waals surface area contributed by atoms with Crippen molar-refractivity contribution in [2.75, 3.05) is 13.2 Å². The number of nitrogens with one attached hydrogen (secondary N) is 1. The van der Waals surface area contributed by atoms with Gasteiger partial charge in [-0.15, -0.1) is 0 Å². The second kappa shape index (κ2) is 11.2. The van der Waals surface area contributed by atoms with Crippen LogP contribution in [0.1, 0.15) is 37.0 Å². The number of carbonyl (C=O) groups is 2. The van der Waals surface area contributed by atoms with Crippen molar-refractivity contribution in [1.29, 1.82) is 0 Å². The number of benzene rings is 2. The minimum absolute atomic E-state index is 0.198. The summed E-state index contributed by atoms with van der Waals surface area (Å²) in [6.45, 7) is 8.01. The minimum Gasteiger partial charge on any atom is -0.484 e. The lowest BCUT2D eigenvalue weighted by molar-refractivity contribution is -0.142. The summed E-state index contributed by atoms with van der Waals surface area (Å²) < 4.78 is 5.73. The van der Waals surface area contributed by atoms with Gasteiger partial charge in [0.25, 0.3) is 5.91 Å². The van der Waals surface area contributed by atoms with Gasteiger partial charge in [0.1, 0.15) is 11.8 Å². The molecule has 0 aliphatic rings. The highest BCUT2D eigenvalue weighted by atomic mass is 35.5. The van der Waals surface area contributed by atoms with Gasteiger partial charge < -0.3 is 15.0 Å². The summed E-state index contributed by atoms with van der Waals surface area (Å²) in [6, 6.07) is 10.2. The molecular formula is C23H28Cl2N2O3. The van der Waals surface area contributed by atoms with Gasteiger partial charge in [0.05, 0.1) is 0 Å². The molecule has 1 N–H and O–H groups in total. The number of ether oxygens (including phenoxy) is 1. The van der Waals surface area contributed by atoms with Gasteiger partial charge in [-0.3, -0.25) is 9.59 Å². The van der Waals surface area contributed by atoms with Crippen LogP contribution in [0.15, 0.2) is 36.4 Å². The number of hydrogen-bond donors (Lipinski definition) is 1. The molecule has 0 aliphatic heterocycles. The van der Waals surface area contributed by atoms with E-state index in [2.05, 4.69) is 5.32 Å². The standard InChI is InChI=1S/C23H28Cl2N2O3/c1-5-10-26-23(29)17(4)27(13-18-8-6-7-9-20(18)24)21(28)14-30-19-11-15(2)22(25)16(3)12-19/h6-9,11-12,17H,5,10,13-14H2,1-4H3,(H,26,29)/t17-/m1/s1. The fourth-order valence-corrected chi connectivity index (χ4v) is 3.31. The van der Waals surface area contributed by atoms with Gasteiger partial charge in [-0.25, -0.2) is 0 Å². The summed E-state index contributed by atoms with van der Waals surface area (Å²) in [4.78, 5) is 27.1. The normalized spacial score (nSPS) is 11.7. The van der Waals surface area contributed by atoms with Crippen LogP contribution in [0.25, 0.3) is 0 Å². The molecule has 0 fully saturated rings.